The number of aryl methyl sites for hydroxylation is 1. The van der Waals surface area contributed by atoms with Crippen LogP contribution in [0.15, 0.2) is 48.9 Å². The molecule has 0 atom stereocenters. The highest BCUT2D eigenvalue weighted by Gasteiger charge is 2.36. The number of aromatic nitrogens is 3. The number of aliphatic hydroxyl groups is 1. The molecule has 1 aliphatic heterocycles. The second-order valence-electron chi connectivity index (χ2n) is 14.2. The molecule has 2 aromatic heterocycles. The highest BCUT2D eigenvalue weighted by atomic mass is 16.6. The molecule has 0 radical (unpaired) electrons. The maximum absolute atomic E-state index is 14.3. The Morgan fingerprint density at radius 2 is 1.72 bits per heavy atom. The molecule has 4 fully saturated rings. The lowest BCUT2D eigenvalue weighted by atomic mass is 9.78. The van der Waals surface area contributed by atoms with Gasteiger partial charge in [-0.2, -0.15) is 5.10 Å². The Kier molecular flexibility index (Phi) is 9.21. The lowest BCUT2D eigenvalue weighted by molar-refractivity contribution is -0.124. The molecule has 250 valence electrons. The summed E-state index contributed by atoms with van der Waals surface area (Å²) in [6.45, 7) is 3.41. The van der Waals surface area contributed by atoms with Gasteiger partial charge in [0.25, 0.3) is 0 Å². The van der Waals surface area contributed by atoms with Crippen LogP contribution in [-0.4, -0.2) is 75.7 Å². The van der Waals surface area contributed by atoms with Gasteiger partial charge >= 0.3 is 6.09 Å². The summed E-state index contributed by atoms with van der Waals surface area (Å²) >= 11 is 0. The van der Waals surface area contributed by atoms with Crippen LogP contribution in [-0.2, 0) is 9.53 Å². The number of β-amino-alcohol motifs (C(OH)–C–C–N with tert-alkyl or cyclic N) is 1. The van der Waals surface area contributed by atoms with E-state index in [-0.39, 0.29) is 24.0 Å². The fourth-order valence-corrected chi connectivity index (χ4v) is 7.63. The lowest BCUT2D eigenvalue weighted by Gasteiger charge is -2.38. The second-order valence-corrected chi connectivity index (χ2v) is 14.2. The van der Waals surface area contributed by atoms with Crippen LogP contribution in [0, 0.1) is 18.8 Å². The number of methoxy groups -OCH3 is 1. The Morgan fingerprint density at radius 3 is 2.40 bits per heavy atom. The van der Waals surface area contributed by atoms with E-state index in [0.29, 0.717) is 69.0 Å². The minimum absolute atomic E-state index is 0.117. The van der Waals surface area contributed by atoms with Gasteiger partial charge in [0.15, 0.2) is 0 Å². The third-order valence-corrected chi connectivity index (χ3v) is 10.7. The van der Waals surface area contributed by atoms with Crippen molar-refractivity contribution in [1.29, 1.82) is 0 Å². The maximum Gasteiger partial charge on any atom is 0.410 e. The number of likely N-dealkylation sites (tertiary alicyclic amines) is 1. The summed E-state index contributed by atoms with van der Waals surface area (Å²) in [5.41, 5.74) is 4.60. The largest absolute Gasteiger partial charge is 0.496 e. The van der Waals surface area contributed by atoms with E-state index in [4.69, 9.17) is 14.5 Å². The third-order valence-electron chi connectivity index (χ3n) is 10.7. The average Bonchev–Trinajstić information content (AvgIpc) is 3.81. The molecule has 2 amide bonds. The number of hydrogen-bond acceptors (Lipinski definition) is 7. The molecule has 1 N–H and O–H groups in total. The van der Waals surface area contributed by atoms with E-state index in [1.807, 2.05) is 29.4 Å². The van der Waals surface area contributed by atoms with Crippen LogP contribution in [0.5, 0.6) is 5.75 Å². The Morgan fingerprint density at radius 1 is 0.957 bits per heavy atom. The van der Waals surface area contributed by atoms with Crippen molar-refractivity contribution in [1.82, 2.24) is 19.7 Å². The molecule has 4 aliphatic rings. The molecule has 47 heavy (non-hydrogen) atoms. The van der Waals surface area contributed by atoms with Crippen molar-refractivity contribution in [2.45, 2.75) is 95.3 Å². The first kappa shape index (κ1) is 31.7. The normalized spacial score (nSPS) is 24.8. The number of carbonyl (C=O) groups is 2. The highest BCUT2D eigenvalue weighted by molar-refractivity contribution is 5.94. The molecular formula is C37H47N5O5. The van der Waals surface area contributed by atoms with Gasteiger partial charge in [0, 0.05) is 30.4 Å². The number of amides is 2. The van der Waals surface area contributed by atoms with Gasteiger partial charge in [0.05, 0.1) is 38.5 Å². The SMILES string of the molecule is COc1ccc(C2CCC(CN(C(=O)C3CCC(OC(=O)N4CC(O)C4)CC3)c3cc(-c4cnn(C5CC5)c4)ccn3)CC2)cc1C. The van der Waals surface area contributed by atoms with Gasteiger partial charge < -0.3 is 19.5 Å². The molecular weight excluding hydrogens is 594 g/mol. The predicted molar refractivity (Wildman–Crippen MR) is 178 cm³/mol. The summed E-state index contributed by atoms with van der Waals surface area (Å²) < 4.78 is 13.2. The maximum atomic E-state index is 14.3. The second kappa shape index (κ2) is 13.7. The number of anilines is 1. The van der Waals surface area contributed by atoms with Crippen molar-refractivity contribution in [2.75, 3.05) is 31.6 Å². The van der Waals surface area contributed by atoms with Crippen molar-refractivity contribution in [2.24, 2.45) is 11.8 Å². The van der Waals surface area contributed by atoms with Crippen LogP contribution in [0.3, 0.4) is 0 Å². The van der Waals surface area contributed by atoms with Crippen LogP contribution in [0.1, 0.15) is 87.3 Å². The molecule has 10 heteroatoms. The van der Waals surface area contributed by atoms with E-state index in [1.165, 1.54) is 28.9 Å². The minimum atomic E-state index is -0.454. The predicted octanol–water partition coefficient (Wildman–Crippen LogP) is 6.28. The van der Waals surface area contributed by atoms with Crippen molar-refractivity contribution in [3.63, 3.8) is 0 Å². The van der Waals surface area contributed by atoms with Crippen LogP contribution in [0.4, 0.5) is 10.6 Å². The molecule has 0 unspecified atom stereocenters. The molecule has 3 aromatic rings. The van der Waals surface area contributed by atoms with Gasteiger partial charge in [0.1, 0.15) is 17.7 Å². The van der Waals surface area contributed by atoms with E-state index in [2.05, 4.69) is 41.1 Å². The number of benzene rings is 1. The first-order valence-electron chi connectivity index (χ1n) is 17.4. The molecule has 3 saturated carbocycles. The Hall–Kier alpha value is -3.92. The van der Waals surface area contributed by atoms with Gasteiger partial charge in [-0.05, 0) is 118 Å². The first-order chi connectivity index (χ1) is 22.8. The third kappa shape index (κ3) is 7.17. The quantitative estimate of drug-likeness (QED) is 0.293. The van der Waals surface area contributed by atoms with Crippen molar-refractivity contribution < 1.29 is 24.2 Å². The number of hydrogen-bond donors (Lipinski definition) is 1. The number of pyridine rings is 1. The topological polar surface area (TPSA) is 110 Å². The molecule has 10 nitrogen and oxygen atoms in total. The molecule has 0 spiro atoms. The Bertz CT molecular complexity index is 1560. The monoisotopic (exact) mass is 641 g/mol. The van der Waals surface area contributed by atoms with Crippen molar-refractivity contribution in [3.05, 3.63) is 60.0 Å². The summed E-state index contributed by atoms with van der Waals surface area (Å²) in [7, 11) is 1.72. The minimum Gasteiger partial charge on any atom is -0.496 e. The zero-order chi connectivity index (χ0) is 32.5. The summed E-state index contributed by atoms with van der Waals surface area (Å²) in [6.07, 6.45) is 14.1. The standard InChI is InChI=1S/C37H47N5O5/c1-24-17-28(9-14-34(24)46-2)26-5-3-25(4-6-26)20-41(35-18-29(15-16-38-35)30-19-39-42(21-30)31-10-11-31)36(44)27-7-12-33(13-8-27)47-37(45)40-22-32(43)23-40/h9,14-19,21,25-27,31-33,43H,3-8,10-13,20,22-23H2,1-2H3. The fraction of sp³-hybridized carbons (Fsp3) is 0.568. The van der Waals surface area contributed by atoms with E-state index >= 15 is 0 Å². The summed E-state index contributed by atoms with van der Waals surface area (Å²) in [4.78, 5) is 35.0. The molecule has 1 aromatic carbocycles. The number of rotatable bonds is 9. The van der Waals surface area contributed by atoms with Crippen LogP contribution < -0.4 is 9.64 Å². The van der Waals surface area contributed by atoms with E-state index in [1.54, 1.807) is 7.11 Å². The number of carbonyl (C=O) groups excluding carboxylic acids is 2. The number of nitrogens with zero attached hydrogens (tertiary/aromatic N) is 5. The summed E-state index contributed by atoms with van der Waals surface area (Å²) in [6, 6.07) is 11.1. The van der Waals surface area contributed by atoms with Crippen LogP contribution in [0.2, 0.25) is 0 Å². The molecule has 7 rings (SSSR count). The van der Waals surface area contributed by atoms with Gasteiger partial charge in [-0.3, -0.25) is 14.4 Å². The van der Waals surface area contributed by atoms with Crippen molar-refractivity contribution >= 4 is 17.8 Å². The van der Waals surface area contributed by atoms with Gasteiger partial charge in [-0.25, -0.2) is 9.78 Å². The van der Waals surface area contributed by atoms with E-state index < -0.39 is 6.10 Å². The number of ether oxygens (including phenoxy) is 2. The zero-order valence-electron chi connectivity index (χ0n) is 27.6. The van der Waals surface area contributed by atoms with Crippen LogP contribution >= 0.6 is 0 Å². The molecule has 3 aliphatic carbocycles. The van der Waals surface area contributed by atoms with E-state index in [0.717, 1.165) is 42.6 Å². The van der Waals surface area contributed by atoms with Gasteiger partial charge in [-0.15, -0.1) is 0 Å². The van der Waals surface area contributed by atoms with E-state index in [9.17, 15) is 14.7 Å². The lowest BCUT2D eigenvalue weighted by Crippen LogP contribution is -2.54. The summed E-state index contributed by atoms with van der Waals surface area (Å²) in [5.74, 6) is 2.51. The number of aliphatic hydroxyl groups excluding tert-OH is 1. The highest BCUT2D eigenvalue weighted by Crippen LogP contribution is 2.39. The zero-order valence-corrected chi connectivity index (χ0v) is 27.6. The summed E-state index contributed by atoms with van der Waals surface area (Å²) in [5, 5.41) is 14.1. The van der Waals surface area contributed by atoms with Gasteiger partial charge in [0.2, 0.25) is 5.91 Å². The van der Waals surface area contributed by atoms with Crippen LogP contribution in [0.25, 0.3) is 11.1 Å². The first-order valence-corrected chi connectivity index (χ1v) is 17.4. The smallest absolute Gasteiger partial charge is 0.410 e. The Labute approximate surface area is 277 Å². The Balaban J connectivity index is 1.04. The molecule has 0 bridgehead atoms. The molecule has 1 saturated heterocycles. The average molecular weight is 642 g/mol. The fourth-order valence-electron chi connectivity index (χ4n) is 7.63. The molecule has 3 heterocycles. The van der Waals surface area contributed by atoms with Crippen molar-refractivity contribution in [3.8, 4) is 16.9 Å². The van der Waals surface area contributed by atoms with Gasteiger partial charge in [-0.1, -0.05) is 12.1 Å².